The minimum Gasteiger partial charge on any atom is -0.329 e. The lowest BCUT2D eigenvalue weighted by atomic mass is 10.3. The van der Waals surface area contributed by atoms with E-state index in [1.54, 1.807) is 12.1 Å². The van der Waals surface area contributed by atoms with Gasteiger partial charge in [0.25, 0.3) is 5.69 Å². The summed E-state index contributed by atoms with van der Waals surface area (Å²) in [4.78, 5) is 9.94. The number of nitrogens with zero attached hydrogens (tertiary/aromatic N) is 4. The maximum absolute atomic E-state index is 10.4. The first-order valence-corrected chi connectivity index (χ1v) is 4.69. The zero-order valence-electron chi connectivity index (χ0n) is 7.32. The number of nitro benzene ring substituents is 1. The largest absolute Gasteiger partial charge is 0.329 e. The zero-order valence-corrected chi connectivity index (χ0v) is 8.14. The average Bonchev–Trinajstić information content (AvgIpc) is 2.71. The Kier molecular flexibility index (Phi) is 2.50. The number of anilines is 2. The molecule has 7 nitrogen and oxygen atoms in total. The van der Waals surface area contributed by atoms with E-state index in [2.05, 4.69) is 20.1 Å². The third-order valence-electron chi connectivity index (χ3n) is 1.63. The van der Waals surface area contributed by atoms with E-state index in [1.165, 1.54) is 12.1 Å². The Labute approximate surface area is 88.1 Å². The number of non-ortho nitro benzene ring substituents is 1. The van der Waals surface area contributed by atoms with Crippen LogP contribution in [0.1, 0.15) is 0 Å². The molecule has 1 heterocycles. The van der Waals surface area contributed by atoms with E-state index >= 15 is 0 Å². The fraction of sp³-hybridized carbons (Fsp3) is 0. The molecule has 0 saturated carbocycles. The van der Waals surface area contributed by atoms with Gasteiger partial charge in [0.2, 0.25) is 5.13 Å². The summed E-state index contributed by atoms with van der Waals surface area (Å²) in [6.07, 6.45) is 0. The van der Waals surface area contributed by atoms with E-state index in [0.29, 0.717) is 10.8 Å². The highest BCUT2D eigenvalue weighted by Crippen LogP contribution is 2.19. The Hall–Kier alpha value is -2.09. The van der Waals surface area contributed by atoms with Gasteiger partial charge in [-0.05, 0) is 17.3 Å². The van der Waals surface area contributed by atoms with E-state index < -0.39 is 4.92 Å². The first-order chi connectivity index (χ1) is 7.25. The molecule has 76 valence electrons. The van der Waals surface area contributed by atoms with Gasteiger partial charge in [0.15, 0.2) is 0 Å². The van der Waals surface area contributed by atoms with Crippen LogP contribution in [0.5, 0.6) is 0 Å². The van der Waals surface area contributed by atoms with Crippen LogP contribution < -0.4 is 5.32 Å². The van der Waals surface area contributed by atoms with Crippen molar-refractivity contribution in [3.63, 3.8) is 0 Å². The molecular weight excluding hydrogens is 218 g/mol. The van der Waals surface area contributed by atoms with Crippen LogP contribution >= 0.6 is 11.5 Å². The van der Waals surface area contributed by atoms with E-state index in [4.69, 9.17) is 0 Å². The fourth-order valence-electron chi connectivity index (χ4n) is 0.972. The standard InChI is InChI=1S/C7H5N5O2S/c13-12(14)6-3-1-5(2-4-6)8-7-9-10-11-15-7/h1-4H,(H,8,9,11). The molecule has 0 spiro atoms. The van der Waals surface area contributed by atoms with Crippen molar-refractivity contribution in [3.8, 4) is 0 Å². The van der Waals surface area contributed by atoms with Gasteiger partial charge in [-0.1, -0.05) is 9.59 Å². The maximum Gasteiger partial charge on any atom is 0.269 e. The summed E-state index contributed by atoms with van der Waals surface area (Å²) < 4.78 is 3.57. The first-order valence-electron chi connectivity index (χ1n) is 3.92. The minimum atomic E-state index is -0.448. The summed E-state index contributed by atoms with van der Waals surface area (Å²) >= 11 is 1.11. The van der Waals surface area contributed by atoms with Gasteiger partial charge in [-0.25, -0.2) is 0 Å². The van der Waals surface area contributed by atoms with Crippen molar-refractivity contribution in [3.05, 3.63) is 34.4 Å². The van der Waals surface area contributed by atoms with Gasteiger partial charge in [0, 0.05) is 29.4 Å². The second kappa shape index (κ2) is 3.96. The van der Waals surface area contributed by atoms with Crippen LogP contribution in [-0.4, -0.2) is 19.7 Å². The van der Waals surface area contributed by atoms with Crippen LogP contribution in [0.3, 0.4) is 0 Å². The maximum atomic E-state index is 10.4. The summed E-state index contributed by atoms with van der Waals surface area (Å²) in [5.41, 5.74) is 0.759. The van der Waals surface area contributed by atoms with Gasteiger partial charge in [-0.15, -0.1) is 0 Å². The van der Waals surface area contributed by atoms with Gasteiger partial charge >= 0.3 is 0 Å². The second-order valence-corrected chi connectivity index (χ2v) is 3.33. The number of rotatable bonds is 3. The summed E-state index contributed by atoms with van der Waals surface area (Å²) in [5, 5.41) is 20.9. The first kappa shape index (κ1) is 9.46. The predicted molar refractivity (Wildman–Crippen MR) is 54.1 cm³/mol. The van der Waals surface area contributed by atoms with Crippen LogP contribution in [0, 0.1) is 10.1 Å². The molecule has 0 unspecified atom stereocenters. The molecule has 0 aliphatic heterocycles. The number of nitrogens with one attached hydrogen (secondary N) is 1. The Balaban J connectivity index is 2.14. The van der Waals surface area contributed by atoms with Gasteiger partial charge < -0.3 is 5.32 Å². The molecule has 0 aliphatic carbocycles. The molecule has 2 rings (SSSR count). The lowest BCUT2D eigenvalue weighted by molar-refractivity contribution is -0.384. The Morgan fingerprint density at radius 2 is 2.07 bits per heavy atom. The molecule has 1 N–H and O–H groups in total. The molecule has 2 aromatic rings. The Morgan fingerprint density at radius 3 is 2.60 bits per heavy atom. The van der Waals surface area contributed by atoms with Gasteiger partial charge in [-0.3, -0.25) is 10.1 Å². The van der Waals surface area contributed by atoms with Crippen molar-refractivity contribution in [2.45, 2.75) is 0 Å². The summed E-state index contributed by atoms with van der Waals surface area (Å²) in [5.74, 6) is 0. The number of nitro groups is 1. The van der Waals surface area contributed by atoms with Gasteiger partial charge in [-0.2, -0.15) is 0 Å². The third kappa shape index (κ3) is 2.23. The molecule has 0 amide bonds. The van der Waals surface area contributed by atoms with Crippen molar-refractivity contribution < 1.29 is 4.92 Å². The second-order valence-electron chi connectivity index (χ2n) is 2.60. The summed E-state index contributed by atoms with van der Waals surface area (Å²) in [6, 6.07) is 6.02. The Morgan fingerprint density at radius 1 is 1.33 bits per heavy atom. The van der Waals surface area contributed by atoms with Crippen molar-refractivity contribution in [1.29, 1.82) is 0 Å². The minimum absolute atomic E-state index is 0.0518. The molecular formula is C7H5N5O2S. The van der Waals surface area contributed by atoms with Gasteiger partial charge in [0.05, 0.1) is 4.92 Å². The Bertz CT molecular complexity index is 455. The molecule has 15 heavy (non-hydrogen) atoms. The van der Waals surface area contributed by atoms with Gasteiger partial charge in [0.1, 0.15) is 0 Å². The van der Waals surface area contributed by atoms with Crippen molar-refractivity contribution in [1.82, 2.24) is 14.8 Å². The number of hydrogen-bond acceptors (Lipinski definition) is 7. The van der Waals surface area contributed by atoms with E-state index in [9.17, 15) is 10.1 Å². The van der Waals surface area contributed by atoms with Crippen LogP contribution in [0.25, 0.3) is 0 Å². The molecule has 0 bridgehead atoms. The lowest BCUT2D eigenvalue weighted by Crippen LogP contribution is -1.91. The zero-order chi connectivity index (χ0) is 10.7. The molecule has 0 fully saturated rings. The highest BCUT2D eigenvalue weighted by molar-refractivity contribution is 7.09. The van der Waals surface area contributed by atoms with Crippen LogP contribution in [0.4, 0.5) is 16.5 Å². The van der Waals surface area contributed by atoms with Crippen LogP contribution in [0.2, 0.25) is 0 Å². The van der Waals surface area contributed by atoms with E-state index in [-0.39, 0.29) is 5.69 Å². The van der Waals surface area contributed by atoms with Crippen LogP contribution in [0.15, 0.2) is 24.3 Å². The molecule has 1 aromatic carbocycles. The van der Waals surface area contributed by atoms with Crippen molar-refractivity contribution in [2.75, 3.05) is 5.32 Å². The molecule has 0 atom stereocenters. The number of benzene rings is 1. The SMILES string of the molecule is O=[N+]([O-])c1ccc(Nc2nnns2)cc1. The quantitative estimate of drug-likeness (QED) is 0.627. The molecule has 0 radical (unpaired) electrons. The molecule has 8 heteroatoms. The highest BCUT2D eigenvalue weighted by atomic mass is 32.1. The monoisotopic (exact) mass is 223 g/mol. The van der Waals surface area contributed by atoms with E-state index in [1.807, 2.05) is 0 Å². The predicted octanol–water partition coefficient (Wildman–Crippen LogP) is 1.58. The molecule has 1 aromatic heterocycles. The van der Waals surface area contributed by atoms with Crippen molar-refractivity contribution >= 4 is 28.0 Å². The topological polar surface area (TPSA) is 93.8 Å². The molecule has 0 aliphatic rings. The van der Waals surface area contributed by atoms with Crippen molar-refractivity contribution in [2.24, 2.45) is 0 Å². The molecule has 0 saturated heterocycles. The summed E-state index contributed by atoms with van der Waals surface area (Å²) in [6.45, 7) is 0. The number of aromatic nitrogens is 3. The smallest absolute Gasteiger partial charge is 0.269 e. The fourth-order valence-corrected chi connectivity index (χ4v) is 1.36. The van der Waals surface area contributed by atoms with Crippen LogP contribution in [-0.2, 0) is 0 Å². The van der Waals surface area contributed by atoms with E-state index in [0.717, 1.165) is 11.5 Å². The average molecular weight is 223 g/mol. The summed E-state index contributed by atoms with van der Waals surface area (Å²) in [7, 11) is 0. The lowest BCUT2D eigenvalue weighted by Gasteiger charge is -1.99. The third-order valence-corrected chi connectivity index (χ3v) is 2.14. The normalized spacial score (nSPS) is 9.87. The highest BCUT2D eigenvalue weighted by Gasteiger charge is 2.04. The number of hydrogen-bond donors (Lipinski definition) is 1.